The molecule has 3 unspecified atom stereocenters. The largest absolute Gasteiger partial charge is 0.497 e. The molecule has 1 aliphatic rings. The number of hydrogen-bond donors (Lipinski definition) is 2. The van der Waals surface area contributed by atoms with Crippen molar-refractivity contribution in [2.75, 3.05) is 7.11 Å². The topological polar surface area (TPSA) is 75.6 Å². The molecule has 0 bridgehead atoms. The second-order valence-corrected chi connectivity index (χ2v) is 5.70. The van der Waals surface area contributed by atoms with Crippen molar-refractivity contribution in [2.24, 2.45) is 17.8 Å². The molecule has 0 aromatic heterocycles. The number of amides is 1. The van der Waals surface area contributed by atoms with Crippen LogP contribution < -0.4 is 10.1 Å². The van der Waals surface area contributed by atoms with Crippen molar-refractivity contribution < 1.29 is 19.4 Å². The third kappa shape index (κ3) is 3.74. The van der Waals surface area contributed by atoms with Gasteiger partial charge in [0.2, 0.25) is 5.91 Å². The van der Waals surface area contributed by atoms with Crippen LogP contribution in [0.15, 0.2) is 24.3 Å². The summed E-state index contributed by atoms with van der Waals surface area (Å²) in [5.74, 6) is -1.03. The zero-order valence-corrected chi connectivity index (χ0v) is 12.3. The highest BCUT2D eigenvalue weighted by atomic mass is 16.5. The van der Waals surface area contributed by atoms with Crippen molar-refractivity contribution in [1.82, 2.24) is 5.32 Å². The Labute approximate surface area is 124 Å². The van der Waals surface area contributed by atoms with Crippen molar-refractivity contribution in [1.29, 1.82) is 0 Å². The zero-order chi connectivity index (χ0) is 15.4. The normalized spacial score (nSPS) is 24.6. The van der Waals surface area contributed by atoms with E-state index in [-0.39, 0.29) is 11.8 Å². The third-order valence-corrected chi connectivity index (χ3v) is 4.05. The monoisotopic (exact) mass is 291 g/mol. The van der Waals surface area contributed by atoms with E-state index in [2.05, 4.69) is 5.32 Å². The summed E-state index contributed by atoms with van der Waals surface area (Å²) in [6.07, 6.45) is 1.22. The molecule has 2 rings (SSSR count). The summed E-state index contributed by atoms with van der Waals surface area (Å²) >= 11 is 0. The number of methoxy groups -OCH3 is 1. The van der Waals surface area contributed by atoms with Crippen LogP contribution in [-0.4, -0.2) is 24.1 Å². The summed E-state index contributed by atoms with van der Waals surface area (Å²) in [6, 6.07) is 7.45. The number of nitrogens with one attached hydrogen (secondary N) is 1. The summed E-state index contributed by atoms with van der Waals surface area (Å²) in [6.45, 7) is 2.37. The van der Waals surface area contributed by atoms with E-state index in [4.69, 9.17) is 4.74 Å². The zero-order valence-electron chi connectivity index (χ0n) is 12.3. The molecular formula is C16H21NO4. The molecule has 114 valence electrons. The standard InChI is InChI=1S/C16H21NO4/c1-10-6-13(14(7-10)16(19)20)15(18)17-9-11-4-3-5-12(8-11)21-2/h3-5,8,10,13-14H,6-7,9H2,1-2H3,(H,17,18)(H,19,20). The van der Waals surface area contributed by atoms with Crippen LogP contribution >= 0.6 is 0 Å². The molecule has 1 fully saturated rings. The first-order chi connectivity index (χ1) is 10.0. The second-order valence-electron chi connectivity index (χ2n) is 5.70. The Bertz CT molecular complexity index is 529. The maximum atomic E-state index is 12.2. The number of carboxylic acids is 1. The number of ether oxygens (including phenoxy) is 1. The van der Waals surface area contributed by atoms with Crippen LogP contribution in [0.1, 0.15) is 25.3 Å². The predicted octanol–water partition coefficient (Wildman–Crippen LogP) is 2.06. The maximum absolute atomic E-state index is 12.2. The van der Waals surface area contributed by atoms with E-state index in [1.165, 1.54) is 0 Å². The first kappa shape index (κ1) is 15.4. The van der Waals surface area contributed by atoms with Crippen molar-refractivity contribution in [3.05, 3.63) is 29.8 Å². The van der Waals surface area contributed by atoms with Gasteiger partial charge in [0.05, 0.1) is 18.9 Å². The first-order valence-electron chi connectivity index (χ1n) is 7.14. The minimum Gasteiger partial charge on any atom is -0.497 e. The van der Waals surface area contributed by atoms with Crippen LogP contribution in [0, 0.1) is 17.8 Å². The summed E-state index contributed by atoms with van der Waals surface area (Å²) in [7, 11) is 1.59. The fraction of sp³-hybridized carbons (Fsp3) is 0.500. The first-order valence-corrected chi connectivity index (χ1v) is 7.14. The number of rotatable bonds is 5. The molecule has 5 nitrogen and oxygen atoms in total. The smallest absolute Gasteiger partial charge is 0.307 e. The third-order valence-electron chi connectivity index (χ3n) is 4.05. The minimum atomic E-state index is -0.874. The molecule has 1 aromatic carbocycles. The van der Waals surface area contributed by atoms with Gasteiger partial charge in [0.25, 0.3) is 0 Å². The van der Waals surface area contributed by atoms with Crippen molar-refractivity contribution in [2.45, 2.75) is 26.3 Å². The Kier molecular flexibility index (Phi) is 4.83. The van der Waals surface area contributed by atoms with Crippen LogP contribution in [-0.2, 0) is 16.1 Å². The molecule has 3 atom stereocenters. The molecule has 21 heavy (non-hydrogen) atoms. The number of carboxylic acid groups (broad SMARTS) is 1. The van der Waals surface area contributed by atoms with Gasteiger partial charge in [-0.3, -0.25) is 9.59 Å². The molecule has 1 aliphatic carbocycles. The summed E-state index contributed by atoms with van der Waals surface area (Å²) in [4.78, 5) is 23.5. The fourth-order valence-corrected chi connectivity index (χ4v) is 2.96. The molecule has 0 radical (unpaired) electrons. The summed E-state index contributed by atoms with van der Waals surface area (Å²) in [5.41, 5.74) is 0.931. The number of aliphatic carboxylic acids is 1. The molecule has 1 saturated carbocycles. The highest BCUT2D eigenvalue weighted by Crippen LogP contribution is 2.36. The molecule has 1 aromatic rings. The van der Waals surface area contributed by atoms with Gasteiger partial charge in [0.15, 0.2) is 0 Å². The quantitative estimate of drug-likeness (QED) is 0.870. The van der Waals surface area contributed by atoms with E-state index in [1.807, 2.05) is 31.2 Å². The van der Waals surface area contributed by atoms with Gasteiger partial charge in [-0.25, -0.2) is 0 Å². The molecule has 2 N–H and O–H groups in total. The van der Waals surface area contributed by atoms with Crippen LogP contribution in [0.2, 0.25) is 0 Å². The van der Waals surface area contributed by atoms with Gasteiger partial charge in [-0.05, 0) is 36.5 Å². The number of benzene rings is 1. The summed E-state index contributed by atoms with van der Waals surface area (Å²) < 4.78 is 5.13. The highest BCUT2D eigenvalue weighted by Gasteiger charge is 2.40. The molecule has 5 heteroatoms. The summed E-state index contributed by atoms with van der Waals surface area (Å²) in [5, 5.41) is 12.0. The van der Waals surface area contributed by atoms with E-state index in [0.29, 0.717) is 19.4 Å². The van der Waals surface area contributed by atoms with Crippen molar-refractivity contribution in [3.63, 3.8) is 0 Å². The Hall–Kier alpha value is -2.04. The molecule has 1 amide bonds. The van der Waals surface area contributed by atoms with Crippen LogP contribution in [0.3, 0.4) is 0 Å². The van der Waals surface area contributed by atoms with Gasteiger partial charge >= 0.3 is 5.97 Å². The van der Waals surface area contributed by atoms with E-state index in [9.17, 15) is 14.7 Å². The lowest BCUT2D eigenvalue weighted by Gasteiger charge is -2.15. The fourth-order valence-electron chi connectivity index (χ4n) is 2.96. The van der Waals surface area contributed by atoms with E-state index >= 15 is 0 Å². The lowest BCUT2D eigenvalue weighted by atomic mass is 9.95. The molecule has 0 heterocycles. The Balaban J connectivity index is 1.96. The van der Waals surface area contributed by atoms with Gasteiger partial charge in [-0.2, -0.15) is 0 Å². The second kappa shape index (κ2) is 6.61. The van der Waals surface area contributed by atoms with Gasteiger partial charge in [0.1, 0.15) is 5.75 Å². The molecular weight excluding hydrogens is 270 g/mol. The van der Waals surface area contributed by atoms with E-state index in [0.717, 1.165) is 11.3 Å². The average molecular weight is 291 g/mol. The Morgan fingerprint density at radius 2 is 2.05 bits per heavy atom. The van der Waals surface area contributed by atoms with Crippen molar-refractivity contribution >= 4 is 11.9 Å². The van der Waals surface area contributed by atoms with E-state index < -0.39 is 17.8 Å². The average Bonchev–Trinajstić information content (AvgIpc) is 2.87. The van der Waals surface area contributed by atoms with Gasteiger partial charge in [0, 0.05) is 6.54 Å². The van der Waals surface area contributed by atoms with Crippen LogP contribution in [0.4, 0.5) is 0 Å². The SMILES string of the molecule is COc1cccc(CNC(=O)C2CC(C)CC2C(=O)O)c1. The Morgan fingerprint density at radius 1 is 1.33 bits per heavy atom. The van der Waals surface area contributed by atoms with Crippen molar-refractivity contribution in [3.8, 4) is 5.75 Å². The highest BCUT2D eigenvalue weighted by molar-refractivity contribution is 5.85. The number of carbonyl (C=O) groups excluding carboxylic acids is 1. The van der Waals surface area contributed by atoms with E-state index in [1.54, 1.807) is 7.11 Å². The van der Waals surface area contributed by atoms with Gasteiger partial charge in [-0.15, -0.1) is 0 Å². The lowest BCUT2D eigenvalue weighted by molar-refractivity contribution is -0.146. The molecule has 0 saturated heterocycles. The molecule has 0 aliphatic heterocycles. The maximum Gasteiger partial charge on any atom is 0.307 e. The lowest BCUT2D eigenvalue weighted by Crippen LogP contribution is -2.34. The van der Waals surface area contributed by atoms with Gasteiger partial charge in [-0.1, -0.05) is 19.1 Å². The Morgan fingerprint density at radius 3 is 2.71 bits per heavy atom. The van der Waals surface area contributed by atoms with Gasteiger partial charge < -0.3 is 15.2 Å². The minimum absolute atomic E-state index is 0.172. The molecule has 0 spiro atoms. The number of carbonyl (C=O) groups is 2. The number of hydrogen-bond acceptors (Lipinski definition) is 3. The van der Waals surface area contributed by atoms with Crippen LogP contribution in [0.25, 0.3) is 0 Å². The van der Waals surface area contributed by atoms with Crippen LogP contribution in [0.5, 0.6) is 5.75 Å². The predicted molar refractivity (Wildman–Crippen MR) is 77.9 cm³/mol.